The summed E-state index contributed by atoms with van der Waals surface area (Å²) in [4.78, 5) is 7.07. The molecule has 5 heteroatoms. The van der Waals surface area contributed by atoms with E-state index in [4.69, 9.17) is 0 Å². The van der Waals surface area contributed by atoms with E-state index in [1.54, 1.807) is 0 Å². The zero-order valence-corrected chi connectivity index (χ0v) is 13.2. The van der Waals surface area contributed by atoms with Crippen LogP contribution in [-0.2, 0) is 13.5 Å². The van der Waals surface area contributed by atoms with E-state index in [0.717, 1.165) is 38.4 Å². The van der Waals surface area contributed by atoms with Crippen molar-refractivity contribution in [2.45, 2.75) is 12.5 Å². The Labute approximate surface area is 132 Å². The van der Waals surface area contributed by atoms with Gasteiger partial charge in [0, 0.05) is 45.6 Å². The van der Waals surface area contributed by atoms with Gasteiger partial charge in [-0.05, 0) is 12.0 Å². The Morgan fingerprint density at radius 1 is 1.29 bits per heavy atom. The fourth-order valence-electron chi connectivity index (χ4n) is 2.88. The molecule has 114 valence electrons. The number of halogens is 1. The molecule has 3 rings (SSSR count). The summed E-state index contributed by atoms with van der Waals surface area (Å²) in [6.07, 6.45) is 5.01. The van der Waals surface area contributed by atoms with Crippen LogP contribution in [-0.4, -0.2) is 40.6 Å². The van der Waals surface area contributed by atoms with Gasteiger partial charge in [-0.15, -0.1) is 12.4 Å². The lowest BCUT2D eigenvalue weighted by molar-refractivity contribution is 0.155. The average molecular weight is 307 g/mol. The number of hydrogen-bond acceptors (Lipinski definition) is 3. The van der Waals surface area contributed by atoms with Crippen LogP contribution in [0.2, 0.25) is 0 Å². The van der Waals surface area contributed by atoms with Crippen molar-refractivity contribution in [3.8, 4) is 0 Å². The fourth-order valence-corrected chi connectivity index (χ4v) is 2.88. The Morgan fingerprint density at radius 3 is 2.81 bits per heavy atom. The van der Waals surface area contributed by atoms with Gasteiger partial charge in [-0.2, -0.15) is 0 Å². The first-order valence-corrected chi connectivity index (χ1v) is 7.30. The second-order valence-electron chi connectivity index (χ2n) is 5.39. The number of aromatic nitrogens is 2. The number of benzene rings is 1. The highest BCUT2D eigenvalue weighted by molar-refractivity contribution is 5.85. The summed E-state index contributed by atoms with van der Waals surface area (Å²) in [5.74, 6) is 1.16. The van der Waals surface area contributed by atoms with Crippen molar-refractivity contribution in [1.82, 2.24) is 19.8 Å². The third-order valence-electron chi connectivity index (χ3n) is 4.04. The van der Waals surface area contributed by atoms with E-state index in [0.29, 0.717) is 6.04 Å². The van der Waals surface area contributed by atoms with Gasteiger partial charge in [-0.3, -0.25) is 4.90 Å². The molecule has 0 radical (unpaired) electrons. The largest absolute Gasteiger partial charge is 0.337 e. The standard InChI is InChI=1S/C16H22N4.ClH/c1-19-11-9-18-16(19)15-13-17-8-12-20(15)10-7-14-5-3-2-4-6-14;/h2-6,9,11,15,17H,7-8,10,12-13H2,1H3;1H. The molecule has 0 amide bonds. The predicted octanol–water partition coefficient (Wildman–Crippen LogP) is 2.03. The van der Waals surface area contributed by atoms with Crippen LogP contribution in [0.1, 0.15) is 17.4 Å². The van der Waals surface area contributed by atoms with Crippen molar-refractivity contribution in [1.29, 1.82) is 0 Å². The lowest BCUT2D eigenvalue weighted by Crippen LogP contribution is -2.47. The Bertz CT molecular complexity index is 540. The second-order valence-corrected chi connectivity index (χ2v) is 5.39. The Morgan fingerprint density at radius 2 is 2.10 bits per heavy atom. The lowest BCUT2D eigenvalue weighted by Gasteiger charge is -2.35. The number of hydrogen-bond donors (Lipinski definition) is 1. The number of rotatable bonds is 4. The van der Waals surface area contributed by atoms with Crippen molar-refractivity contribution in [2.24, 2.45) is 7.05 Å². The first kappa shape index (κ1) is 16.0. The predicted molar refractivity (Wildman–Crippen MR) is 87.8 cm³/mol. The molecule has 1 saturated heterocycles. The maximum atomic E-state index is 4.53. The Hall–Kier alpha value is -1.36. The molecular formula is C16H23ClN4. The van der Waals surface area contributed by atoms with Crippen LogP contribution in [0.5, 0.6) is 0 Å². The number of aryl methyl sites for hydroxylation is 1. The van der Waals surface area contributed by atoms with Crippen LogP contribution in [0, 0.1) is 0 Å². The smallest absolute Gasteiger partial charge is 0.127 e. The Balaban J connectivity index is 0.00000161. The number of piperazine rings is 1. The van der Waals surface area contributed by atoms with Crippen LogP contribution in [0.15, 0.2) is 42.7 Å². The first-order chi connectivity index (χ1) is 9.84. The van der Waals surface area contributed by atoms with Gasteiger partial charge in [0.2, 0.25) is 0 Å². The highest BCUT2D eigenvalue weighted by Crippen LogP contribution is 2.20. The van der Waals surface area contributed by atoms with Gasteiger partial charge in [0.25, 0.3) is 0 Å². The van der Waals surface area contributed by atoms with Gasteiger partial charge < -0.3 is 9.88 Å². The van der Waals surface area contributed by atoms with Crippen molar-refractivity contribution in [3.63, 3.8) is 0 Å². The van der Waals surface area contributed by atoms with Crippen molar-refractivity contribution < 1.29 is 0 Å². The third kappa shape index (κ3) is 3.84. The maximum absolute atomic E-state index is 4.53. The molecule has 1 aromatic carbocycles. The summed E-state index contributed by atoms with van der Waals surface area (Å²) >= 11 is 0. The van der Waals surface area contributed by atoms with Gasteiger partial charge in [0.15, 0.2) is 0 Å². The average Bonchev–Trinajstić information content (AvgIpc) is 2.92. The van der Waals surface area contributed by atoms with E-state index in [1.165, 1.54) is 5.56 Å². The van der Waals surface area contributed by atoms with E-state index in [2.05, 4.69) is 57.1 Å². The van der Waals surface area contributed by atoms with Crippen molar-refractivity contribution >= 4 is 12.4 Å². The summed E-state index contributed by atoms with van der Waals surface area (Å²) in [5, 5.41) is 3.48. The van der Waals surface area contributed by atoms with Gasteiger partial charge >= 0.3 is 0 Å². The van der Waals surface area contributed by atoms with Crippen molar-refractivity contribution in [3.05, 3.63) is 54.1 Å². The molecule has 0 saturated carbocycles. The van der Waals surface area contributed by atoms with E-state index < -0.39 is 0 Å². The van der Waals surface area contributed by atoms with Crippen LogP contribution in [0.4, 0.5) is 0 Å². The fraction of sp³-hybridized carbons (Fsp3) is 0.438. The second kappa shape index (κ2) is 7.59. The van der Waals surface area contributed by atoms with E-state index in [1.807, 2.05) is 12.4 Å². The molecule has 0 spiro atoms. The molecule has 1 N–H and O–H groups in total. The van der Waals surface area contributed by atoms with Crippen LogP contribution in [0.3, 0.4) is 0 Å². The van der Waals surface area contributed by atoms with Crippen LogP contribution < -0.4 is 5.32 Å². The monoisotopic (exact) mass is 306 g/mol. The topological polar surface area (TPSA) is 33.1 Å². The SMILES string of the molecule is Cl.Cn1ccnc1C1CNCCN1CCc1ccccc1. The minimum absolute atomic E-state index is 0. The molecule has 1 fully saturated rings. The van der Waals surface area contributed by atoms with Crippen LogP contribution in [0.25, 0.3) is 0 Å². The summed E-state index contributed by atoms with van der Waals surface area (Å²) in [6.45, 7) is 4.23. The number of nitrogens with zero attached hydrogens (tertiary/aromatic N) is 3. The summed E-state index contributed by atoms with van der Waals surface area (Å²) < 4.78 is 2.13. The van der Waals surface area contributed by atoms with Gasteiger partial charge in [-0.25, -0.2) is 4.98 Å². The van der Waals surface area contributed by atoms with Crippen LogP contribution >= 0.6 is 12.4 Å². The van der Waals surface area contributed by atoms with E-state index >= 15 is 0 Å². The molecule has 1 aromatic heterocycles. The highest BCUT2D eigenvalue weighted by Gasteiger charge is 2.26. The molecule has 2 aromatic rings. The lowest BCUT2D eigenvalue weighted by atomic mass is 10.1. The van der Waals surface area contributed by atoms with Gasteiger partial charge in [0.05, 0.1) is 6.04 Å². The zero-order chi connectivity index (χ0) is 13.8. The van der Waals surface area contributed by atoms with Gasteiger partial charge in [-0.1, -0.05) is 30.3 Å². The highest BCUT2D eigenvalue weighted by atomic mass is 35.5. The Kier molecular flexibility index (Phi) is 5.79. The number of nitrogens with one attached hydrogen (secondary N) is 1. The maximum Gasteiger partial charge on any atom is 0.127 e. The zero-order valence-electron chi connectivity index (χ0n) is 12.4. The van der Waals surface area contributed by atoms with Crippen molar-refractivity contribution in [2.75, 3.05) is 26.2 Å². The summed E-state index contributed by atoms with van der Waals surface area (Å²) in [5.41, 5.74) is 1.41. The third-order valence-corrected chi connectivity index (χ3v) is 4.04. The number of imidazole rings is 1. The molecule has 1 aliphatic heterocycles. The van der Waals surface area contributed by atoms with Gasteiger partial charge in [0.1, 0.15) is 5.82 Å². The molecule has 2 heterocycles. The van der Waals surface area contributed by atoms with E-state index in [-0.39, 0.29) is 12.4 Å². The minimum Gasteiger partial charge on any atom is -0.337 e. The molecule has 1 atom stereocenters. The molecule has 1 aliphatic rings. The quantitative estimate of drug-likeness (QED) is 0.938. The minimum atomic E-state index is 0. The molecular weight excluding hydrogens is 284 g/mol. The van der Waals surface area contributed by atoms with E-state index in [9.17, 15) is 0 Å². The molecule has 21 heavy (non-hydrogen) atoms. The normalized spacial score (nSPS) is 19.2. The molecule has 0 bridgehead atoms. The molecule has 4 nitrogen and oxygen atoms in total. The summed E-state index contributed by atoms with van der Waals surface area (Å²) in [7, 11) is 2.08. The first-order valence-electron chi connectivity index (χ1n) is 7.30. The molecule has 0 aliphatic carbocycles. The molecule has 1 unspecified atom stereocenters. The summed E-state index contributed by atoms with van der Waals surface area (Å²) in [6, 6.07) is 11.1.